The van der Waals surface area contributed by atoms with Gasteiger partial charge in [-0.15, -0.1) is 5.10 Å². The summed E-state index contributed by atoms with van der Waals surface area (Å²) in [4.78, 5) is 4.15. The first-order valence-electron chi connectivity index (χ1n) is 6.55. The summed E-state index contributed by atoms with van der Waals surface area (Å²) in [5.74, 6) is -0.707. The molecule has 0 saturated carbocycles. The Labute approximate surface area is 140 Å². The molecule has 2 aromatic carbocycles. The van der Waals surface area contributed by atoms with Crippen LogP contribution in [-0.4, -0.2) is 14.8 Å². The van der Waals surface area contributed by atoms with Crippen LogP contribution in [0.2, 0.25) is 10.0 Å². The second kappa shape index (κ2) is 6.23. The first-order chi connectivity index (χ1) is 11.0. The van der Waals surface area contributed by atoms with Crippen molar-refractivity contribution in [2.75, 3.05) is 0 Å². The summed E-state index contributed by atoms with van der Waals surface area (Å²) >= 11 is 11.8. The number of nitrogens with zero attached hydrogens (tertiary/aromatic N) is 3. The van der Waals surface area contributed by atoms with Crippen LogP contribution >= 0.6 is 23.2 Å². The molecule has 1 heterocycles. The van der Waals surface area contributed by atoms with E-state index in [2.05, 4.69) is 10.1 Å². The van der Waals surface area contributed by atoms with Gasteiger partial charge in [0, 0.05) is 17.7 Å². The Hall–Kier alpha value is -2.02. The Morgan fingerprint density at radius 1 is 1.04 bits per heavy atom. The predicted molar refractivity (Wildman–Crippen MR) is 84.6 cm³/mol. The molecule has 23 heavy (non-hydrogen) atoms. The molecule has 0 saturated heterocycles. The third-order valence-electron chi connectivity index (χ3n) is 3.26. The predicted octanol–water partition coefficient (Wildman–Crippen LogP) is 3.98. The Bertz CT molecular complexity index is 880. The van der Waals surface area contributed by atoms with Gasteiger partial charge in [0.15, 0.2) is 5.82 Å². The van der Waals surface area contributed by atoms with Gasteiger partial charge in [-0.1, -0.05) is 23.2 Å². The summed E-state index contributed by atoms with van der Waals surface area (Å²) in [6, 6.07) is 6.85. The molecule has 118 valence electrons. The molecular formula is C15H10Cl2F2N4. The van der Waals surface area contributed by atoms with Crippen molar-refractivity contribution in [3.8, 4) is 17.1 Å². The highest BCUT2D eigenvalue weighted by molar-refractivity contribution is 6.33. The average molecular weight is 355 g/mol. The average Bonchev–Trinajstić information content (AvgIpc) is 3.00. The van der Waals surface area contributed by atoms with Gasteiger partial charge in [0.2, 0.25) is 0 Å². The third-order valence-corrected chi connectivity index (χ3v) is 3.86. The lowest BCUT2D eigenvalue weighted by Crippen LogP contribution is -2.01. The maximum Gasteiger partial charge on any atom is 0.183 e. The van der Waals surface area contributed by atoms with Crippen LogP contribution in [0.15, 0.2) is 36.7 Å². The molecular weight excluding hydrogens is 345 g/mol. The van der Waals surface area contributed by atoms with Crippen molar-refractivity contribution in [1.29, 1.82) is 0 Å². The van der Waals surface area contributed by atoms with E-state index in [1.54, 1.807) is 0 Å². The van der Waals surface area contributed by atoms with E-state index in [0.29, 0.717) is 22.6 Å². The Kier molecular flexibility index (Phi) is 4.30. The smallest absolute Gasteiger partial charge is 0.183 e. The van der Waals surface area contributed by atoms with Crippen LogP contribution in [0, 0.1) is 11.6 Å². The molecule has 0 radical (unpaired) electrons. The van der Waals surface area contributed by atoms with Crippen LogP contribution < -0.4 is 5.73 Å². The van der Waals surface area contributed by atoms with Gasteiger partial charge in [-0.25, -0.2) is 18.4 Å². The summed E-state index contributed by atoms with van der Waals surface area (Å²) in [6.45, 7) is 0.0320. The zero-order valence-electron chi connectivity index (χ0n) is 11.6. The molecule has 0 spiro atoms. The van der Waals surface area contributed by atoms with Crippen molar-refractivity contribution in [3.05, 3.63) is 63.9 Å². The molecule has 0 aliphatic carbocycles. The molecule has 0 atom stereocenters. The highest BCUT2D eigenvalue weighted by Crippen LogP contribution is 2.28. The van der Waals surface area contributed by atoms with E-state index in [9.17, 15) is 8.78 Å². The fraction of sp³-hybridized carbons (Fsp3) is 0.0667. The fourth-order valence-corrected chi connectivity index (χ4v) is 2.47. The number of aromatic nitrogens is 3. The van der Waals surface area contributed by atoms with E-state index in [-0.39, 0.29) is 16.6 Å². The lowest BCUT2D eigenvalue weighted by molar-refractivity contribution is 0.611. The Morgan fingerprint density at radius 3 is 2.52 bits per heavy atom. The number of hydrogen-bond donors (Lipinski definition) is 1. The standard InChI is InChI=1S/C15H10Cl2F2N4/c16-11-5-14(19)8(6-20)3-10(11)15-21-7-23(22-15)9-1-2-13(18)12(17)4-9/h1-5,7H,6,20H2. The summed E-state index contributed by atoms with van der Waals surface area (Å²) in [6.07, 6.45) is 1.43. The highest BCUT2D eigenvalue weighted by Gasteiger charge is 2.14. The maximum atomic E-state index is 13.6. The molecule has 0 amide bonds. The van der Waals surface area contributed by atoms with Crippen LogP contribution in [0.4, 0.5) is 8.78 Å². The minimum absolute atomic E-state index is 0.0233. The molecule has 1 aromatic heterocycles. The van der Waals surface area contributed by atoms with Crippen molar-refractivity contribution in [2.45, 2.75) is 6.54 Å². The van der Waals surface area contributed by atoms with Crippen molar-refractivity contribution in [3.63, 3.8) is 0 Å². The topological polar surface area (TPSA) is 56.7 Å². The molecule has 3 aromatic rings. The van der Waals surface area contributed by atoms with Crippen LogP contribution in [0.3, 0.4) is 0 Å². The second-order valence-corrected chi connectivity index (χ2v) is 5.55. The lowest BCUT2D eigenvalue weighted by atomic mass is 10.1. The van der Waals surface area contributed by atoms with Gasteiger partial charge in [0.25, 0.3) is 0 Å². The monoisotopic (exact) mass is 354 g/mol. The third kappa shape index (κ3) is 3.06. The number of halogens is 4. The van der Waals surface area contributed by atoms with Gasteiger partial charge < -0.3 is 5.73 Å². The van der Waals surface area contributed by atoms with E-state index in [1.807, 2.05) is 0 Å². The van der Waals surface area contributed by atoms with E-state index >= 15 is 0 Å². The second-order valence-electron chi connectivity index (χ2n) is 4.74. The van der Waals surface area contributed by atoms with Crippen molar-refractivity contribution in [1.82, 2.24) is 14.8 Å². The summed E-state index contributed by atoms with van der Waals surface area (Å²) in [5, 5.41) is 4.42. The Balaban J connectivity index is 2.03. The molecule has 0 unspecified atom stereocenters. The summed E-state index contributed by atoms with van der Waals surface area (Å²) < 4.78 is 28.3. The number of nitrogens with two attached hydrogens (primary N) is 1. The van der Waals surface area contributed by atoms with E-state index < -0.39 is 11.6 Å². The van der Waals surface area contributed by atoms with Crippen molar-refractivity contribution in [2.24, 2.45) is 5.73 Å². The van der Waals surface area contributed by atoms with Crippen LogP contribution in [-0.2, 0) is 6.54 Å². The molecule has 4 nitrogen and oxygen atoms in total. The number of hydrogen-bond acceptors (Lipinski definition) is 3. The van der Waals surface area contributed by atoms with Crippen molar-refractivity contribution < 1.29 is 8.78 Å². The molecule has 0 aliphatic rings. The quantitative estimate of drug-likeness (QED) is 0.773. The minimum atomic E-state index is -0.523. The molecule has 0 aliphatic heterocycles. The van der Waals surface area contributed by atoms with Gasteiger partial charge in [-0.05, 0) is 30.3 Å². The van der Waals surface area contributed by atoms with Gasteiger partial charge >= 0.3 is 0 Å². The summed E-state index contributed by atoms with van der Waals surface area (Å²) in [7, 11) is 0. The number of rotatable bonds is 3. The first kappa shape index (κ1) is 15.9. The molecule has 2 N–H and O–H groups in total. The van der Waals surface area contributed by atoms with Gasteiger partial charge in [-0.2, -0.15) is 0 Å². The minimum Gasteiger partial charge on any atom is -0.326 e. The lowest BCUT2D eigenvalue weighted by Gasteiger charge is -2.05. The molecule has 3 rings (SSSR count). The van der Waals surface area contributed by atoms with Gasteiger partial charge in [-0.3, -0.25) is 0 Å². The van der Waals surface area contributed by atoms with Crippen molar-refractivity contribution >= 4 is 23.2 Å². The Morgan fingerprint density at radius 2 is 1.83 bits per heavy atom. The van der Waals surface area contributed by atoms with E-state index in [1.165, 1.54) is 41.3 Å². The largest absolute Gasteiger partial charge is 0.326 e. The molecule has 0 bridgehead atoms. The van der Waals surface area contributed by atoms with E-state index in [0.717, 1.165) is 0 Å². The maximum absolute atomic E-state index is 13.6. The fourth-order valence-electron chi connectivity index (χ4n) is 2.06. The highest BCUT2D eigenvalue weighted by atomic mass is 35.5. The van der Waals surface area contributed by atoms with Gasteiger partial charge in [0.05, 0.1) is 15.7 Å². The van der Waals surface area contributed by atoms with Crippen LogP contribution in [0.1, 0.15) is 5.56 Å². The number of benzene rings is 2. The zero-order valence-corrected chi connectivity index (χ0v) is 13.1. The van der Waals surface area contributed by atoms with Gasteiger partial charge in [0.1, 0.15) is 18.0 Å². The first-order valence-corrected chi connectivity index (χ1v) is 7.30. The van der Waals surface area contributed by atoms with E-state index in [4.69, 9.17) is 28.9 Å². The van der Waals surface area contributed by atoms with Crippen LogP contribution in [0.5, 0.6) is 0 Å². The summed E-state index contributed by atoms with van der Waals surface area (Å²) in [5.41, 5.74) is 6.80. The molecule has 0 fully saturated rings. The normalized spacial score (nSPS) is 11.0. The zero-order chi connectivity index (χ0) is 16.6. The SMILES string of the molecule is NCc1cc(-c2ncn(-c3ccc(F)c(Cl)c3)n2)c(Cl)cc1F. The van der Waals surface area contributed by atoms with Crippen LogP contribution in [0.25, 0.3) is 17.1 Å². The molecule has 8 heteroatoms.